The SMILES string of the molecule is c1ccc(N(c2ccccc2)c2cccc(Nc3cccc4ccccc34)n2)cc1. The van der Waals surface area contributed by atoms with Gasteiger partial charge in [-0.2, -0.15) is 0 Å². The van der Waals surface area contributed by atoms with Crippen molar-refractivity contribution in [2.45, 2.75) is 0 Å². The third kappa shape index (κ3) is 3.61. The van der Waals surface area contributed by atoms with Crippen LogP contribution in [0, 0.1) is 0 Å². The number of pyridine rings is 1. The van der Waals surface area contributed by atoms with E-state index in [4.69, 9.17) is 4.98 Å². The van der Waals surface area contributed by atoms with E-state index in [1.54, 1.807) is 0 Å². The molecule has 0 aliphatic heterocycles. The number of anilines is 5. The van der Waals surface area contributed by atoms with Gasteiger partial charge in [-0.3, -0.25) is 4.90 Å². The lowest BCUT2D eigenvalue weighted by atomic mass is 10.1. The molecule has 0 saturated heterocycles. The van der Waals surface area contributed by atoms with Crippen LogP contribution in [0.15, 0.2) is 121 Å². The van der Waals surface area contributed by atoms with E-state index < -0.39 is 0 Å². The van der Waals surface area contributed by atoms with Gasteiger partial charge in [0.2, 0.25) is 0 Å². The highest BCUT2D eigenvalue weighted by atomic mass is 15.2. The van der Waals surface area contributed by atoms with E-state index in [2.05, 4.69) is 76.9 Å². The number of rotatable bonds is 5. The highest BCUT2D eigenvalue weighted by Gasteiger charge is 2.13. The van der Waals surface area contributed by atoms with Crippen molar-refractivity contribution >= 4 is 39.5 Å². The van der Waals surface area contributed by atoms with Gasteiger partial charge in [0.05, 0.1) is 0 Å². The first-order valence-corrected chi connectivity index (χ1v) is 10.0. The summed E-state index contributed by atoms with van der Waals surface area (Å²) in [5.41, 5.74) is 3.18. The molecule has 0 aliphatic carbocycles. The highest BCUT2D eigenvalue weighted by Crippen LogP contribution is 2.34. The first-order chi connectivity index (χ1) is 14.9. The van der Waals surface area contributed by atoms with Gasteiger partial charge in [-0.25, -0.2) is 4.98 Å². The fraction of sp³-hybridized carbons (Fsp3) is 0. The molecular weight excluding hydrogens is 366 g/mol. The van der Waals surface area contributed by atoms with Crippen LogP contribution < -0.4 is 10.2 Å². The Balaban J connectivity index is 1.56. The Labute approximate surface area is 176 Å². The third-order valence-corrected chi connectivity index (χ3v) is 5.04. The molecule has 0 fully saturated rings. The summed E-state index contributed by atoms with van der Waals surface area (Å²) in [5, 5.41) is 5.89. The van der Waals surface area contributed by atoms with Crippen LogP contribution >= 0.6 is 0 Å². The number of hydrogen-bond donors (Lipinski definition) is 1. The van der Waals surface area contributed by atoms with Gasteiger partial charge >= 0.3 is 0 Å². The summed E-state index contributed by atoms with van der Waals surface area (Å²) in [6.45, 7) is 0. The minimum atomic E-state index is 0.806. The zero-order chi connectivity index (χ0) is 20.2. The van der Waals surface area contributed by atoms with E-state index >= 15 is 0 Å². The average Bonchev–Trinajstić information content (AvgIpc) is 2.81. The first kappa shape index (κ1) is 18.0. The van der Waals surface area contributed by atoms with Crippen LogP contribution in [0.4, 0.5) is 28.7 Å². The van der Waals surface area contributed by atoms with E-state index in [9.17, 15) is 0 Å². The second kappa shape index (κ2) is 8.10. The Morgan fingerprint density at radius 3 is 1.87 bits per heavy atom. The maximum atomic E-state index is 4.94. The van der Waals surface area contributed by atoms with Crippen molar-refractivity contribution in [3.63, 3.8) is 0 Å². The van der Waals surface area contributed by atoms with Crippen molar-refractivity contribution in [2.24, 2.45) is 0 Å². The van der Waals surface area contributed by atoms with E-state index in [0.717, 1.165) is 28.7 Å². The molecule has 0 radical (unpaired) electrons. The normalized spacial score (nSPS) is 10.7. The quantitative estimate of drug-likeness (QED) is 0.339. The second-order valence-electron chi connectivity index (χ2n) is 7.04. The van der Waals surface area contributed by atoms with Crippen LogP contribution in [0.5, 0.6) is 0 Å². The molecule has 3 nitrogen and oxygen atoms in total. The van der Waals surface area contributed by atoms with Crippen LogP contribution in [0.1, 0.15) is 0 Å². The summed E-state index contributed by atoms with van der Waals surface area (Å²) in [6.07, 6.45) is 0. The molecule has 0 amide bonds. The molecule has 0 unspecified atom stereocenters. The molecule has 1 N–H and O–H groups in total. The van der Waals surface area contributed by atoms with E-state index in [1.807, 2.05) is 54.6 Å². The van der Waals surface area contributed by atoms with E-state index in [1.165, 1.54) is 10.8 Å². The third-order valence-electron chi connectivity index (χ3n) is 5.04. The molecule has 0 bridgehead atoms. The molecule has 5 rings (SSSR count). The van der Waals surface area contributed by atoms with Crippen molar-refractivity contribution in [1.82, 2.24) is 4.98 Å². The van der Waals surface area contributed by atoms with Gasteiger partial charge in [-0.15, -0.1) is 0 Å². The number of fused-ring (bicyclic) bond motifs is 1. The lowest BCUT2D eigenvalue weighted by molar-refractivity contribution is 1.18. The average molecular weight is 387 g/mol. The number of para-hydroxylation sites is 2. The van der Waals surface area contributed by atoms with Gasteiger partial charge < -0.3 is 5.32 Å². The van der Waals surface area contributed by atoms with Gasteiger partial charge in [0.25, 0.3) is 0 Å². The highest BCUT2D eigenvalue weighted by molar-refractivity contribution is 5.95. The van der Waals surface area contributed by atoms with Crippen molar-refractivity contribution in [3.05, 3.63) is 121 Å². The fourth-order valence-electron chi connectivity index (χ4n) is 3.66. The zero-order valence-electron chi connectivity index (χ0n) is 16.4. The molecule has 0 saturated carbocycles. The van der Waals surface area contributed by atoms with Crippen molar-refractivity contribution in [3.8, 4) is 0 Å². The van der Waals surface area contributed by atoms with Crippen molar-refractivity contribution in [2.75, 3.05) is 10.2 Å². The zero-order valence-corrected chi connectivity index (χ0v) is 16.4. The molecule has 1 aromatic heterocycles. The number of hydrogen-bond acceptors (Lipinski definition) is 3. The molecule has 0 spiro atoms. The monoisotopic (exact) mass is 387 g/mol. The second-order valence-corrected chi connectivity index (χ2v) is 7.04. The van der Waals surface area contributed by atoms with Crippen LogP contribution in [0.2, 0.25) is 0 Å². The lowest BCUT2D eigenvalue weighted by Crippen LogP contribution is -2.12. The number of nitrogens with zero attached hydrogens (tertiary/aromatic N) is 2. The van der Waals surface area contributed by atoms with Gasteiger partial charge in [-0.1, -0.05) is 78.9 Å². The number of nitrogens with one attached hydrogen (secondary N) is 1. The minimum absolute atomic E-state index is 0.806. The topological polar surface area (TPSA) is 28.2 Å². The smallest absolute Gasteiger partial charge is 0.139 e. The number of aromatic nitrogens is 1. The molecule has 0 atom stereocenters. The molecule has 30 heavy (non-hydrogen) atoms. The van der Waals surface area contributed by atoms with Crippen molar-refractivity contribution in [1.29, 1.82) is 0 Å². The maximum Gasteiger partial charge on any atom is 0.139 e. The minimum Gasteiger partial charge on any atom is -0.340 e. The molecule has 144 valence electrons. The van der Waals surface area contributed by atoms with E-state index in [-0.39, 0.29) is 0 Å². The summed E-state index contributed by atoms with van der Waals surface area (Å²) < 4.78 is 0. The van der Waals surface area contributed by atoms with Crippen LogP contribution in [-0.4, -0.2) is 4.98 Å². The molecule has 1 heterocycles. The fourth-order valence-corrected chi connectivity index (χ4v) is 3.66. The van der Waals surface area contributed by atoms with Gasteiger partial charge in [-0.05, 0) is 47.9 Å². The Morgan fingerprint density at radius 2 is 1.13 bits per heavy atom. The predicted molar refractivity (Wildman–Crippen MR) is 126 cm³/mol. The summed E-state index contributed by atoms with van der Waals surface area (Å²) in [5.74, 6) is 1.67. The summed E-state index contributed by atoms with van der Waals surface area (Å²) in [6, 6.07) is 41.3. The molecule has 3 heteroatoms. The van der Waals surface area contributed by atoms with Crippen LogP contribution in [-0.2, 0) is 0 Å². The summed E-state index contributed by atoms with van der Waals surface area (Å²) in [4.78, 5) is 7.10. The van der Waals surface area contributed by atoms with Crippen LogP contribution in [0.25, 0.3) is 10.8 Å². The largest absolute Gasteiger partial charge is 0.340 e. The number of benzene rings is 4. The van der Waals surface area contributed by atoms with Crippen molar-refractivity contribution < 1.29 is 0 Å². The Hall–Kier alpha value is -4.11. The van der Waals surface area contributed by atoms with E-state index in [0.29, 0.717) is 0 Å². The summed E-state index contributed by atoms with van der Waals surface area (Å²) >= 11 is 0. The standard InChI is InChI=1S/C27H21N3/c1-3-13-22(14-4-1)30(23-15-5-2-6-16-23)27-20-10-19-26(29-27)28-25-18-9-12-21-11-7-8-17-24(21)25/h1-20H,(H,28,29). The molecule has 5 aromatic rings. The first-order valence-electron chi connectivity index (χ1n) is 10.0. The van der Waals surface area contributed by atoms with Crippen LogP contribution in [0.3, 0.4) is 0 Å². The van der Waals surface area contributed by atoms with Gasteiger partial charge in [0.1, 0.15) is 11.6 Å². The lowest BCUT2D eigenvalue weighted by Gasteiger charge is -2.24. The molecule has 4 aromatic carbocycles. The Bertz CT molecular complexity index is 1220. The molecule has 0 aliphatic rings. The summed E-state index contributed by atoms with van der Waals surface area (Å²) in [7, 11) is 0. The maximum absolute atomic E-state index is 4.94. The molecular formula is C27H21N3. The van der Waals surface area contributed by atoms with Gasteiger partial charge in [0, 0.05) is 22.4 Å². The van der Waals surface area contributed by atoms with Gasteiger partial charge in [0.15, 0.2) is 0 Å². The Kier molecular flexibility index (Phi) is 4.84. The predicted octanol–water partition coefficient (Wildman–Crippen LogP) is 7.45. The Morgan fingerprint density at radius 1 is 0.533 bits per heavy atom.